The number of fused-ring (bicyclic) bond motifs is 1. The van der Waals surface area contributed by atoms with Crippen LogP contribution in [0.2, 0.25) is 0 Å². The molecule has 0 spiro atoms. The number of carbonyl (C=O) groups excluding carboxylic acids is 1. The Labute approximate surface area is 132 Å². The molecule has 0 saturated heterocycles. The van der Waals surface area contributed by atoms with E-state index in [1.807, 2.05) is 6.07 Å². The number of rotatable bonds is 4. The van der Waals surface area contributed by atoms with E-state index in [1.165, 1.54) is 0 Å². The molecule has 23 heavy (non-hydrogen) atoms. The lowest BCUT2D eigenvalue weighted by Crippen LogP contribution is -2.34. The molecule has 0 bridgehead atoms. The highest BCUT2D eigenvalue weighted by Gasteiger charge is 2.29. The molecule has 0 aliphatic carbocycles. The first-order valence-corrected chi connectivity index (χ1v) is 7.29. The standard InChI is InChI=1S/C16H17N3O4/c1-8-12(9(2)19-18-8)13(16(21)22)17-15(20)11-5-3-4-10-6-7-23-14(10)11/h3-5,13H,6-7H2,1-2H3,(H,17,20)(H,18,19)(H,21,22)/t13-/m0/s1. The molecular formula is C16H17N3O4. The van der Waals surface area contributed by atoms with Gasteiger partial charge >= 0.3 is 5.97 Å². The molecule has 1 aromatic carbocycles. The quantitative estimate of drug-likeness (QED) is 0.793. The van der Waals surface area contributed by atoms with E-state index in [-0.39, 0.29) is 0 Å². The van der Waals surface area contributed by atoms with Gasteiger partial charge in [-0.3, -0.25) is 9.89 Å². The number of carbonyl (C=O) groups is 2. The Bertz CT molecular complexity index is 762. The molecule has 0 saturated carbocycles. The molecule has 0 radical (unpaired) electrons. The van der Waals surface area contributed by atoms with Crippen LogP contribution in [0.4, 0.5) is 0 Å². The summed E-state index contributed by atoms with van der Waals surface area (Å²) in [6, 6.07) is 4.14. The molecule has 1 atom stereocenters. The summed E-state index contributed by atoms with van der Waals surface area (Å²) >= 11 is 0. The first-order chi connectivity index (χ1) is 11.0. The molecule has 120 valence electrons. The number of benzene rings is 1. The molecule has 0 unspecified atom stereocenters. The fourth-order valence-electron chi connectivity index (χ4n) is 2.85. The van der Waals surface area contributed by atoms with E-state index in [2.05, 4.69) is 15.5 Å². The number of amides is 1. The zero-order valence-corrected chi connectivity index (χ0v) is 12.8. The van der Waals surface area contributed by atoms with Crippen LogP contribution >= 0.6 is 0 Å². The monoisotopic (exact) mass is 315 g/mol. The second-order valence-electron chi connectivity index (χ2n) is 5.48. The van der Waals surface area contributed by atoms with Crippen LogP contribution in [0.25, 0.3) is 0 Å². The Balaban J connectivity index is 1.92. The van der Waals surface area contributed by atoms with E-state index >= 15 is 0 Å². The van der Waals surface area contributed by atoms with Gasteiger partial charge < -0.3 is 15.2 Å². The van der Waals surface area contributed by atoms with Crippen molar-refractivity contribution in [3.8, 4) is 5.75 Å². The van der Waals surface area contributed by atoms with Crippen LogP contribution < -0.4 is 10.1 Å². The van der Waals surface area contributed by atoms with Gasteiger partial charge in [0.1, 0.15) is 5.75 Å². The van der Waals surface area contributed by atoms with Crippen molar-refractivity contribution in [2.24, 2.45) is 0 Å². The van der Waals surface area contributed by atoms with Crippen LogP contribution in [-0.2, 0) is 11.2 Å². The molecule has 1 amide bonds. The average molecular weight is 315 g/mol. The number of aromatic nitrogens is 2. The molecule has 3 N–H and O–H groups in total. The van der Waals surface area contributed by atoms with Gasteiger partial charge in [0.15, 0.2) is 6.04 Å². The summed E-state index contributed by atoms with van der Waals surface area (Å²) < 4.78 is 5.50. The highest BCUT2D eigenvalue weighted by atomic mass is 16.5. The summed E-state index contributed by atoms with van der Waals surface area (Å²) in [7, 11) is 0. The van der Waals surface area contributed by atoms with E-state index < -0.39 is 17.9 Å². The van der Waals surface area contributed by atoms with Crippen molar-refractivity contribution in [3.63, 3.8) is 0 Å². The van der Waals surface area contributed by atoms with Crippen LogP contribution in [0, 0.1) is 13.8 Å². The van der Waals surface area contributed by atoms with E-state index in [1.54, 1.807) is 26.0 Å². The van der Waals surface area contributed by atoms with Gasteiger partial charge in [0.05, 0.1) is 17.9 Å². The van der Waals surface area contributed by atoms with Crippen LogP contribution in [-0.4, -0.2) is 33.8 Å². The minimum Gasteiger partial charge on any atom is -0.492 e. The van der Waals surface area contributed by atoms with Gasteiger partial charge in [-0.25, -0.2) is 4.79 Å². The minimum atomic E-state index is -1.17. The Kier molecular flexibility index (Phi) is 3.77. The predicted octanol–water partition coefficient (Wildman–Crippen LogP) is 1.52. The van der Waals surface area contributed by atoms with Crippen LogP contribution in [0.5, 0.6) is 5.75 Å². The number of hydrogen-bond donors (Lipinski definition) is 3. The number of nitrogens with one attached hydrogen (secondary N) is 2. The number of aryl methyl sites for hydroxylation is 2. The topological polar surface area (TPSA) is 104 Å². The summed E-state index contributed by atoms with van der Waals surface area (Å²) in [6.45, 7) is 3.95. The molecule has 0 fully saturated rings. The molecule has 2 heterocycles. The molecule has 7 nitrogen and oxygen atoms in total. The molecule has 1 aromatic heterocycles. The van der Waals surface area contributed by atoms with Crippen molar-refractivity contribution in [2.45, 2.75) is 26.3 Å². The second kappa shape index (κ2) is 5.75. The fraction of sp³-hybridized carbons (Fsp3) is 0.312. The average Bonchev–Trinajstić information content (AvgIpc) is 3.11. The first kappa shape index (κ1) is 15.1. The Morgan fingerprint density at radius 1 is 1.39 bits per heavy atom. The first-order valence-electron chi connectivity index (χ1n) is 7.29. The molecule has 3 rings (SSSR count). The minimum absolute atomic E-state index is 0.352. The molecule has 1 aliphatic heterocycles. The predicted molar refractivity (Wildman–Crippen MR) is 81.5 cm³/mol. The number of para-hydroxylation sites is 1. The van der Waals surface area contributed by atoms with E-state index in [0.717, 1.165) is 12.0 Å². The summed E-state index contributed by atoms with van der Waals surface area (Å²) in [4.78, 5) is 24.2. The lowest BCUT2D eigenvalue weighted by atomic mass is 10.0. The van der Waals surface area contributed by atoms with Crippen molar-refractivity contribution < 1.29 is 19.4 Å². The van der Waals surface area contributed by atoms with E-state index in [0.29, 0.717) is 34.9 Å². The Hall–Kier alpha value is -2.83. The molecule has 2 aromatic rings. The highest BCUT2D eigenvalue weighted by Crippen LogP contribution is 2.30. The number of H-pyrrole nitrogens is 1. The van der Waals surface area contributed by atoms with Crippen LogP contribution in [0.3, 0.4) is 0 Å². The largest absolute Gasteiger partial charge is 0.492 e. The second-order valence-corrected chi connectivity index (χ2v) is 5.48. The van der Waals surface area contributed by atoms with Gasteiger partial charge in [0.25, 0.3) is 5.91 Å². The van der Waals surface area contributed by atoms with Crippen LogP contribution in [0.1, 0.15) is 38.9 Å². The van der Waals surface area contributed by atoms with Crippen LogP contribution in [0.15, 0.2) is 18.2 Å². The van der Waals surface area contributed by atoms with Gasteiger partial charge in [-0.2, -0.15) is 5.10 Å². The third kappa shape index (κ3) is 2.65. The number of hydrogen-bond acceptors (Lipinski definition) is 4. The van der Waals surface area contributed by atoms with Crippen molar-refractivity contribution in [3.05, 3.63) is 46.3 Å². The normalized spacial score (nSPS) is 14.0. The third-order valence-electron chi connectivity index (χ3n) is 3.96. The molecular weight excluding hydrogens is 298 g/mol. The number of carboxylic acids is 1. The lowest BCUT2D eigenvalue weighted by molar-refractivity contribution is -0.139. The smallest absolute Gasteiger partial charge is 0.331 e. The van der Waals surface area contributed by atoms with Crippen molar-refractivity contribution in [1.82, 2.24) is 15.5 Å². The Morgan fingerprint density at radius 3 is 2.83 bits per heavy atom. The zero-order chi connectivity index (χ0) is 16.6. The van der Waals surface area contributed by atoms with E-state index in [4.69, 9.17) is 4.74 Å². The maximum Gasteiger partial charge on any atom is 0.331 e. The van der Waals surface area contributed by atoms with Crippen molar-refractivity contribution >= 4 is 11.9 Å². The number of carboxylic acid groups (broad SMARTS) is 1. The fourth-order valence-corrected chi connectivity index (χ4v) is 2.85. The number of aliphatic carboxylic acids is 1. The van der Waals surface area contributed by atoms with Crippen molar-refractivity contribution in [1.29, 1.82) is 0 Å². The number of aromatic amines is 1. The van der Waals surface area contributed by atoms with Gasteiger partial charge in [0.2, 0.25) is 0 Å². The maximum atomic E-state index is 12.6. The molecule has 7 heteroatoms. The number of ether oxygens (including phenoxy) is 1. The van der Waals surface area contributed by atoms with Gasteiger partial charge in [-0.15, -0.1) is 0 Å². The zero-order valence-electron chi connectivity index (χ0n) is 12.8. The summed E-state index contributed by atoms with van der Waals surface area (Å²) in [5.41, 5.74) is 2.94. The molecule has 1 aliphatic rings. The van der Waals surface area contributed by atoms with Gasteiger partial charge in [0, 0.05) is 17.7 Å². The number of nitrogens with zero attached hydrogens (tertiary/aromatic N) is 1. The highest BCUT2D eigenvalue weighted by molar-refractivity contribution is 5.99. The van der Waals surface area contributed by atoms with Gasteiger partial charge in [-0.1, -0.05) is 12.1 Å². The van der Waals surface area contributed by atoms with Crippen molar-refractivity contribution in [2.75, 3.05) is 6.61 Å². The third-order valence-corrected chi connectivity index (χ3v) is 3.96. The van der Waals surface area contributed by atoms with E-state index in [9.17, 15) is 14.7 Å². The van der Waals surface area contributed by atoms with Gasteiger partial charge in [-0.05, 0) is 25.5 Å². The summed E-state index contributed by atoms with van der Waals surface area (Å²) in [5, 5.41) is 18.8. The summed E-state index contributed by atoms with van der Waals surface area (Å²) in [5.74, 6) is -1.08. The maximum absolute atomic E-state index is 12.6. The summed E-state index contributed by atoms with van der Waals surface area (Å²) in [6.07, 6.45) is 0.749. The lowest BCUT2D eigenvalue weighted by Gasteiger charge is -2.16. The Morgan fingerprint density at radius 2 is 2.17 bits per heavy atom. The SMILES string of the molecule is Cc1n[nH]c(C)c1[C@H](NC(=O)c1cccc2c1OCC2)C(=O)O.